The predicted molar refractivity (Wildman–Crippen MR) is 73.7 cm³/mol. The lowest BCUT2D eigenvalue weighted by molar-refractivity contribution is -0.110. The molecule has 0 bridgehead atoms. The van der Waals surface area contributed by atoms with Crippen LogP contribution in [0.2, 0.25) is 5.15 Å². The number of pyridine rings is 1. The van der Waals surface area contributed by atoms with Crippen LogP contribution in [0.3, 0.4) is 0 Å². The van der Waals surface area contributed by atoms with Crippen molar-refractivity contribution in [2.24, 2.45) is 0 Å². The Morgan fingerprint density at radius 3 is 2.63 bits per heavy atom. The third kappa shape index (κ3) is 3.10. The van der Waals surface area contributed by atoms with Gasteiger partial charge in [0.25, 0.3) is 0 Å². The number of aliphatic hydroxyl groups is 1. The number of benzene rings is 1. The van der Waals surface area contributed by atoms with Gasteiger partial charge in [0.1, 0.15) is 5.15 Å². The van der Waals surface area contributed by atoms with E-state index in [2.05, 4.69) is 10.3 Å². The molecule has 5 heteroatoms. The fraction of sp³-hybridized carbons (Fsp3) is 0.143. The Morgan fingerprint density at radius 1 is 1.32 bits per heavy atom. The number of amides is 1. The minimum atomic E-state index is -0.393. The maximum absolute atomic E-state index is 10.4. The van der Waals surface area contributed by atoms with Crippen LogP contribution >= 0.6 is 11.6 Å². The van der Waals surface area contributed by atoms with Gasteiger partial charge in [0.05, 0.1) is 12.6 Å². The molecule has 0 aliphatic rings. The summed E-state index contributed by atoms with van der Waals surface area (Å²) in [5, 5.41) is 12.2. The molecule has 1 aromatic carbocycles. The van der Waals surface area contributed by atoms with E-state index in [9.17, 15) is 9.90 Å². The maximum atomic E-state index is 10.4. The number of aromatic nitrogens is 1. The summed E-state index contributed by atoms with van der Waals surface area (Å²) < 4.78 is 0. The van der Waals surface area contributed by atoms with Crippen molar-refractivity contribution < 1.29 is 9.90 Å². The van der Waals surface area contributed by atoms with E-state index >= 15 is 0 Å². The first-order chi connectivity index (χ1) is 9.26. The lowest BCUT2D eigenvalue weighted by atomic mass is 10.0. The molecular formula is C14H13ClN2O2. The zero-order valence-electron chi connectivity index (χ0n) is 10.1. The van der Waals surface area contributed by atoms with Gasteiger partial charge in [-0.15, -0.1) is 0 Å². The van der Waals surface area contributed by atoms with E-state index in [-0.39, 0.29) is 6.61 Å². The first-order valence-corrected chi connectivity index (χ1v) is 6.15. The first-order valence-electron chi connectivity index (χ1n) is 5.77. The maximum Gasteiger partial charge on any atom is 0.207 e. The van der Waals surface area contributed by atoms with E-state index < -0.39 is 6.04 Å². The van der Waals surface area contributed by atoms with Crippen molar-refractivity contribution in [1.29, 1.82) is 0 Å². The van der Waals surface area contributed by atoms with Gasteiger partial charge in [-0.2, -0.15) is 0 Å². The molecule has 2 aromatic rings. The molecule has 4 nitrogen and oxygen atoms in total. The summed E-state index contributed by atoms with van der Waals surface area (Å²) >= 11 is 6.03. The lowest BCUT2D eigenvalue weighted by Gasteiger charge is -2.14. The Hall–Kier alpha value is -1.91. The lowest BCUT2D eigenvalue weighted by Crippen LogP contribution is -2.22. The van der Waals surface area contributed by atoms with Gasteiger partial charge in [-0.05, 0) is 23.3 Å². The molecule has 1 aromatic heterocycles. The van der Waals surface area contributed by atoms with Crippen LogP contribution in [0.25, 0.3) is 11.1 Å². The third-order valence-electron chi connectivity index (χ3n) is 2.83. The van der Waals surface area contributed by atoms with Crippen molar-refractivity contribution in [1.82, 2.24) is 10.3 Å². The van der Waals surface area contributed by atoms with E-state index in [1.54, 1.807) is 6.20 Å². The number of rotatable bonds is 5. The predicted octanol–water partition coefficient (Wildman–Crippen LogP) is 2.18. The van der Waals surface area contributed by atoms with Gasteiger partial charge >= 0.3 is 0 Å². The van der Waals surface area contributed by atoms with Gasteiger partial charge in [-0.25, -0.2) is 4.98 Å². The van der Waals surface area contributed by atoms with Gasteiger partial charge < -0.3 is 10.4 Å². The summed E-state index contributed by atoms with van der Waals surface area (Å²) in [6, 6.07) is 10.8. The molecule has 0 fully saturated rings. The SMILES string of the molecule is O=CNC(CO)c1ccc(-c2cccnc2Cl)cc1. The molecule has 0 spiro atoms. The number of hydrogen-bond donors (Lipinski definition) is 2. The van der Waals surface area contributed by atoms with E-state index in [4.69, 9.17) is 11.6 Å². The first kappa shape index (κ1) is 13.5. The molecule has 0 aliphatic carbocycles. The second kappa shape index (κ2) is 6.31. The molecule has 98 valence electrons. The number of nitrogens with zero attached hydrogens (tertiary/aromatic N) is 1. The molecule has 0 radical (unpaired) electrons. The normalized spacial score (nSPS) is 11.9. The van der Waals surface area contributed by atoms with Crippen LogP contribution < -0.4 is 5.32 Å². The molecule has 19 heavy (non-hydrogen) atoms. The quantitative estimate of drug-likeness (QED) is 0.650. The summed E-state index contributed by atoms with van der Waals surface area (Å²) in [6.07, 6.45) is 2.21. The van der Waals surface area contributed by atoms with Crippen molar-refractivity contribution in [2.75, 3.05) is 6.61 Å². The molecule has 1 heterocycles. The van der Waals surface area contributed by atoms with E-state index in [0.29, 0.717) is 11.6 Å². The second-order valence-corrected chi connectivity index (χ2v) is 4.34. The molecule has 0 aliphatic heterocycles. The third-order valence-corrected chi connectivity index (χ3v) is 3.14. The minimum Gasteiger partial charge on any atom is -0.394 e. The van der Waals surface area contributed by atoms with Crippen LogP contribution in [0.1, 0.15) is 11.6 Å². The molecule has 0 saturated carbocycles. The van der Waals surface area contributed by atoms with Crippen LogP contribution in [0.5, 0.6) is 0 Å². The van der Waals surface area contributed by atoms with E-state index in [1.165, 1.54) is 0 Å². The molecule has 1 atom stereocenters. The molecule has 2 rings (SSSR count). The Labute approximate surface area is 116 Å². The van der Waals surface area contributed by atoms with Gasteiger partial charge in [-0.3, -0.25) is 4.79 Å². The summed E-state index contributed by atoms with van der Waals surface area (Å²) in [5.74, 6) is 0. The van der Waals surface area contributed by atoms with Gasteiger partial charge in [-0.1, -0.05) is 35.9 Å². The van der Waals surface area contributed by atoms with Gasteiger partial charge in [0, 0.05) is 11.8 Å². The zero-order chi connectivity index (χ0) is 13.7. The standard InChI is InChI=1S/C14H13ClN2O2/c15-14-12(2-1-7-16-14)10-3-5-11(6-4-10)13(8-18)17-9-19/h1-7,9,13,18H,8H2,(H,17,19). The smallest absolute Gasteiger partial charge is 0.207 e. The van der Waals surface area contributed by atoms with Crippen LogP contribution in [-0.2, 0) is 4.79 Å². The number of halogens is 1. The van der Waals surface area contributed by atoms with Crippen molar-refractivity contribution >= 4 is 18.0 Å². The van der Waals surface area contributed by atoms with Gasteiger partial charge in [0.2, 0.25) is 6.41 Å². The molecular weight excluding hydrogens is 264 g/mol. The number of carbonyl (C=O) groups is 1. The fourth-order valence-electron chi connectivity index (χ4n) is 1.83. The van der Waals surface area contributed by atoms with Crippen LogP contribution in [0.4, 0.5) is 0 Å². The van der Waals surface area contributed by atoms with Crippen molar-refractivity contribution in [3.05, 3.63) is 53.3 Å². The number of hydrogen-bond acceptors (Lipinski definition) is 3. The fourth-order valence-corrected chi connectivity index (χ4v) is 2.06. The van der Waals surface area contributed by atoms with Crippen molar-refractivity contribution in [3.63, 3.8) is 0 Å². The van der Waals surface area contributed by atoms with Crippen LogP contribution in [0, 0.1) is 0 Å². The van der Waals surface area contributed by atoms with Crippen LogP contribution in [0.15, 0.2) is 42.6 Å². The van der Waals surface area contributed by atoms with E-state index in [1.807, 2.05) is 36.4 Å². The minimum absolute atomic E-state index is 0.147. The van der Waals surface area contributed by atoms with Crippen LogP contribution in [-0.4, -0.2) is 23.1 Å². The Morgan fingerprint density at radius 2 is 2.05 bits per heavy atom. The average Bonchev–Trinajstić information content (AvgIpc) is 2.46. The molecule has 2 N–H and O–H groups in total. The summed E-state index contributed by atoms with van der Waals surface area (Å²) in [7, 11) is 0. The molecule has 1 unspecified atom stereocenters. The topological polar surface area (TPSA) is 62.2 Å². The zero-order valence-corrected chi connectivity index (χ0v) is 10.8. The summed E-state index contributed by atoms with van der Waals surface area (Å²) in [6.45, 7) is -0.147. The van der Waals surface area contributed by atoms with Crippen molar-refractivity contribution in [3.8, 4) is 11.1 Å². The van der Waals surface area contributed by atoms with E-state index in [0.717, 1.165) is 16.7 Å². The monoisotopic (exact) mass is 276 g/mol. The highest BCUT2D eigenvalue weighted by Gasteiger charge is 2.09. The Bertz CT molecular complexity index is 558. The summed E-state index contributed by atoms with van der Waals surface area (Å²) in [5.41, 5.74) is 2.61. The summed E-state index contributed by atoms with van der Waals surface area (Å²) in [4.78, 5) is 14.5. The highest BCUT2D eigenvalue weighted by Crippen LogP contribution is 2.26. The van der Waals surface area contributed by atoms with Crippen molar-refractivity contribution in [2.45, 2.75) is 6.04 Å². The second-order valence-electron chi connectivity index (χ2n) is 3.98. The Kier molecular flexibility index (Phi) is 4.49. The highest BCUT2D eigenvalue weighted by atomic mass is 35.5. The molecule has 1 amide bonds. The largest absolute Gasteiger partial charge is 0.394 e. The highest BCUT2D eigenvalue weighted by molar-refractivity contribution is 6.32. The molecule has 0 saturated heterocycles. The average molecular weight is 277 g/mol. The number of aliphatic hydroxyl groups excluding tert-OH is 1. The van der Waals surface area contributed by atoms with Gasteiger partial charge in [0.15, 0.2) is 0 Å². The number of carbonyl (C=O) groups excluding carboxylic acids is 1. The Balaban J connectivity index is 2.28. The number of nitrogens with one attached hydrogen (secondary N) is 1.